The summed E-state index contributed by atoms with van der Waals surface area (Å²) in [6.07, 6.45) is 0.102. The lowest BCUT2D eigenvalue weighted by Gasteiger charge is -2.09. The van der Waals surface area contributed by atoms with Gasteiger partial charge in [-0.1, -0.05) is 29.2 Å². The number of carbonyl (C=O) groups excluding carboxylic acids is 2. The number of hydrogen-bond donors (Lipinski definition) is 2. The Bertz CT molecular complexity index is 1000. The van der Waals surface area contributed by atoms with E-state index in [9.17, 15) is 9.59 Å². The van der Waals surface area contributed by atoms with Gasteiger partial charge in [-0.05, 0) is 44.0 Å². The molecule has 0 bridgehead atoms. The molecule has 29 heavy (non-hydrogen) atoms. The number of carbonyl (C=O) groups is 2. The van der Waals surface area contributed by atoms with Gasteiger partial charge in [0.05, 0.1) is 12.2 Å². The van der Waals surface area contributed by atoms with Gasteiger partial charge in [-0.2, -0.15) is 0 Å². The van der Waals surface area contributed by atoms with Crippen LogP contribution in [-0.4, -0.2) is 42.5 Å². The molecule has 0 radical (unpaired) electrons. The first-order chi connectivity index (χ1) is 14.0. The lowest BCUT2D eigenvalue weighted by atomic mass is 10.1. The zero-order valence-electron chi connectivity index (χ0n) is 16.3. The Morgan fingerprint density at radius 1 is 1.10 bits per heavy atom. The van der Waals surface area contributed by atoms with E-state index in [2.05, 4.69) is 31.0 Å². The van der Waals surface area contributed by atoms with Crippen LogP contribution >= 0.6 is 23.1 Å². The number of amides is 2. The molecule has 3 rings (SSSR count). The van der Waals surface area contributed by atoms with E-state index < -0.39 is 0 Å². The zero-order chi connectivity index (χ0) is 20.8. The van der Waals surface area contributed by atoms with Crippen LogP contribution in [0.3, 0.4) is 0 Å². The van der Waals surface area contributed by atoms with Crippen LogP contribution in [0.15, 0.2) is 28.9 Å². The van der Waals surface area contributed by atoms with Crippen molar-refractivity contribution in [1.29, 1.82) is 0 Å². The molecule has 11 heteroatoms. The van der Waals surface area contributed by atoms with E-state index in [0.717, 1.165) is 11.3 Å². The topological polar surface area (TPSA) is 115 Å². The van der Waals surface area contributed by atoms with Crippen LogP contribution in [0, 0.1) is 13.8 Å². The standard InChI is InChI=1S/C18H21N7O2S2/c1-4-25-14(8-15(26)20-13-6-5-11(2)12(3)7-13)22-24-18(25)28-9-16(27)21-17-23-19-10-29-17/h5-7,10H,4,8-9H2,1-3H3,(H,20,26)(H,21,23,27). The van der Waals surface area contributed by atoms with E-state index in [1.165, 1.54) is 28.7 Å². The average Bonchev–Trinajstić information content (AvgIpc) is 3.32. The molecule has 0 aliphatic rings. The minimum Gasteiger partial charge on any atom is -0.326 e. The largest absolute Gasteiger partial charge is 0.326 e. The number of aromatic nitrogens is 5. The minimum absolute atomic E-state index is 0.102. The molecule has 0 spiro atoms. The van der Waals surface area contributed by atoms with Gasteiger partial charge in [-0.25, -0.2) is 0 Å². The van der Waals surface area contributed by atoms with E-state index in [1.54, 1.807) is 5.51 Å². The first-order valence-corrected chi connectivity index (χ1v) is 10.8. The van der Waals surface area contributed by atoms with Gasteiger partial charge >= 0.3 is 0 Å². The molecule has 2 amide bonds. The molecule has 0 fully saturated rings. The molecule has 152 valence electrons. The fraction of sp³-hybridized carbons (Fsp3) is 0.333. The second-order valence-corrected chi connectivity index (χ2v) is 8.02. The predicted molar refractivity (Wildman–Crippen MR) is 113 cm³/mol. The number of aryl methyl sites for hydroxylation is 2. The molecule has 1 aromatic carbocycles. The van der Waals surface area contributed by atoms with Gasteiger partial charge in [0.15, 0.2) is 5.16 Å². The predicted octanol–water partition coefficient (Wildman–Crippen LogP) is 2.68. The Kier molecular flexibility index (Phi) is 6.94. The summed E-state index contributed by atoms with van der Waals surface area (Å²) >= 11 is 2.51. The summed E-state index contributed by atoms with van der Waals surface area (Å²) < 4.78 is 1.84. The Morgan fingerprint density at radius 3 is 2.62 bits per heavy atom. The highest BCUT2D eigenvalue weighted by molar-refractivity contribution is 7.99. The van der Waals surface area contributed by atoms with E-state index in [0.29, 0.717) is 22.7 Å². The maximum Gasteiger partial charge on any atom is 0.236 e. The molecule has 0 aliphatic carbocycles. The van der Waals surface area contributed by atoms with Crippen LogP contribution in [-0.2, 0) is 22.6 Å². The average molecular weight is 432 g/mol. The third-order valence-electron chi connectivity index (χ3n) is 4.16. The van der Waals surface area contributed by atoms with Crippen molar-refractivity contribution < 1.29 is 9.59 Å². The summed E-state index contributed by atoms with van der Waals surface area (Å²) in [4.78, 5) is 24.4. The molecule has 2 N–H and O–H groups in total. The van der Waals surface area contributed by atoms with Crippen LogP contribution in [0.25, 0.3) is 0 Å². The lowest BCUT2D eigenvalue weighted by Crippen LogP contribution is -2.18. The Morgan fingerprint density at radius 2 is 1.93 bits per heavy atom. The molecular formula is C18H21N7O2S2. The van der Waals surface area contributed by atoms with Gasteiger partial charge in [-0.3, -0.25) is 14.9 Å². The van der Waals surface area contributed by atoms with Crippen molar-refractivity contribution in [1.82, 2.24) is 25.0 Å². The third-order valence-corrected chi connectivity index (χ3v) is 5.73. The first-order valence-electron chi connectivity index (χ1n) is 8.94. The number of nitrogens with zero attached hydrogens (tertiary/aromatic N) is 5. The van der Waals surface area contributed by atoms with Crippen LogP contribution in [0.4, 0.5) is 10.8 Å². The van der Waals surface area contributed by atoms with Crippen molar-refractivity contribution >= 4 is 45.7 Å². The maximum atomic E-state index is 12.4. The molecular weight excluding hydrogens is 410 g/mol. The van der Waals surface area contributed by atoms with Gasteiger partial charge in [0, 0.05) is 12.2 Å². The second-order valence-electron chi connectivity index (χ2n) is 6.25. The van der Waals surface area contributed by atoms with Crippen molar-refractivity contribution in [2.24, 2.45) is 0 Å². The molecule has 0 aliphatic heterocycles. The Hall–Kier alpha value is -2.79. The smallest absolute Gasteiger partial charge is 0.236 e. The number of benzene rings is 1. The monoisotopic (exact) mass is 431 g/mol. The van der Waals surface area contributed by atoms with Crippen LogP contribution in [0.1, 0.15) is 23.9 Å². The van der Waals surface area contributed by atoms with E-state index in [1.807, 2.05) is 43.5 Å². The van der Waals surface area contributed by atoms with Gasteiger partial charge in [0.1, 0.15) is 11.3 Å². The summed E-state index contributed by atoms with van der Waals surface area (Å²) in [5.41, 5.74) is 4.59. The molecule has 9 nitrogen and oxygen atoms in total. The van der Waals surface area contributed by atoms with Gasteiger partial charge in [-0.15, -0.1) is 20.4 Å². The fourth-order valence-corrected chi connectivity index (χ4v) is 3.84. The normalized spacial score (nSPS) is 10.7. The van der Waals surface area contributed by atoms with Crippen LogP contribution in [0.2, 0.25) is 0 Å². The van der Waals surface area contributed by atoms with Crippen molar-refractivity contribution in [2.45, 2.75) is 38.9 Å². The first kappa shape index (κ1) is 20.9. The highest BCUT2D eigenvalue weighted by atomic mass is 32.2. The maximum absolute atomic E-state index is 12.4. The highest BCUT2D eigenvalue weighted by Gasteiger charge is 2.16. The molecule has 2 aromatic heterocycles. The van der Waals surface area contributed by atoms with E-state index in [-0.39, 0.29) is 24.0 Å². The molecule has 2 heterocycles. The molecule has 0 saturated carbocycles. The fourth-order valence-electron chi connectivity index (χ4n) is 2.56. The van der Waals surface area contributed by atoms with E-state index in [4.69, 9.17) is 0 Å². The molecule has 0 atom stereocenters. The minimum atomic E-state index is -0.202. The summed E-state index contributed by atoms with van der Waals surface area (Å²) in [6.45, 7) is 6.57. The van der Waals surface area contributed by atoms with Crippen LogP contribution in [0.5, 0.6) is 0 Å². The van der Waals surface area contributed by atoms with Gasteiger partial charge in [0.25, 0.3) is 0 Å². The highest BCUT2D eigenvalue weighted by Crippen LogP contribution is 2.19. The Balaban J connectivity index is 1.58. The summed E-state index contributed by atoms with van der Waals surface area (Å²) in [7, 11) is 0. The summed E-state index contributed by atoms with van der Waals surface area (Å²) in [6, 6.07) is 5.79. The second kappa shape index (κ2) is 9.61. The van der Waals surface area contributed by atoms with Crippen LogP contribution < -0.4 is 10.6 Å². The number of rotatable bonds is 8. The van der Waals surface area contributed by atoms with Crippen molar-refractivity contribution in [3.05, 3.63) is 40.7 Å². The van der Waals surface area contributed by atoms with Crippen molar-refractivity contribution in [2.75, 3.05) is 16.4 Å². The Labute approximate surface area is 176 Å². The van der Waals surface area contributed by atoms with Gasteiger partial charge in [0.2, 0.25) is 16.9 Å². The summed E-state index contributed by atoms with van der Waals surface area (Å²) in [5, 5.41) is 22.3. The number of thioether (sulfide) groups is 1. The number of nitrogens with one attached hydrogen (secondary N) is 2. The SMILES string of the molecule is CCn1c(CC(=O)Nc2ccc(C)c(C)c2)nnc1SCC(=O)Nc1nncs1. The quantitative estimate of drug-likeness (QED) is 0.527. The molecule has 0 saturated heterocycles. The lowest BCUT2D eigenvalue weighted by molar-refractivity contribution is -0.116. The third kappa shape index (κ3) is 5.61. The molecule has 0 unspecified atom stereocenters. The summed E-state index contributed by atoms with van der Waals surface area (Å²) in [5.74, 6) is 0.347. The van der Waals surface area contributed by atoms with E-state index >= 15 is 0 Å². The molecule has 3 aromatic rings. The van der Waals surface area contributed by atoms with Crippen molar-refractivity contribution in [3.63, 3.8) is 0 Å². The van der Waals surface area contributed by atoms with Gasteiger partial charge < -0.3 is 9.88 Å². The number of hydrogen-bond acceptors (Lipinski definition) is 8. The zero-order valence-corrected chi connectivity index (χ0v) is 17.9. The number of anilines is 2. The van der Waals surface area contributed by atoms with Crippen molar-refractivity contribution in [3.8, 4) is 0 Å².